The van der Waals surface area contributed by atoms with E-state index in [0.29, 0.717) is 35.9 Å². The molecule has 0 bridgehead atoms. The molecule has 0 saturated carbocycles. The minimum Gasteiger partial charge on any atom is -0.487 e. The lowest BCUT2D eigenvalue weighted by molar-refractivity contribution is -0.134. The van der Waals surface area contributed by atoms with Gasteiger partial charge < -0.3 is 10.5 Å². The van der Waals surface area contributed by atoms with Crippen LogP contribution >= 0.6 is 11.6 Å². The number of benzene rings is 2. The highest BCUT2D eigenvalue weighted by Gasteiger charge is 2.56. The molecule has 0 amide bonds. The fraction of sp³-hybridized carbons (Fsp3) is 0.345. The zero-order valence-electron chi connectivity index (χ0n) is 20.3. The first-order valence-corrected chi connectivity index (χ1v) is 12.5. The summed E-state index contributed by atoms with van der Waals surface area (Å²) in [5.74, 6) is 1.02. The van der Waals surface area contributed by atoms with Gasteiger partial charge in [0.2, 0.25) is 0 Å². The van der Waals surface area contributed by atoms with Gasteiger partial charge in [0.1, 0.15) is 11.4 Å². The second kappa shape index (κ2) is 8.80. The Morgan fingerprint density at radius 1 is 1.11 bits per heavy atom. The number of nitrogens with zero attached hydrogens (tertiary/aromatic N) is 2. The minimum atomic E-state index is -1.10. The molecule has 2 aromatic carbocycles. The lowest BCUT2D eigenvalue weighted by atomic mass is 9.65. The van der Waals surface area contributed by atoms with Crippen molar-refractivity contribution >= 4 is 23.2 Å². The van der Waals surface area contributed by atoms with Gasteiger partial charge in [-0.05, 0) is 42.7 Å². The smallest absolute Gasteiger partial charge is 0.169 e. The van der Waals surface area contributed by atoms with Gasteiger partial charge in [-0.2, -0.15) is 0 Å². The highest BCUT2D eigenvalue weighted by atomic mass is 35.5. The lowest BCUT2D eigenvalue weighted by Gasteiger charge is -2.48. The number of aromatic nitrogens is 1. The molecule has 5 rings (SSSR count). The van der Waals surface area contributed by atoms with Gasteiger partial charge in [0, 0.05) is 48.2 Å². The second-order valence-corrected chi connectivity index (χ2v) is 10.5. The number of carbonyl (C=O) groups is 1. The number of rotatable bonds is 4. The average molecular weight is 488 g/mol. The molecular weight excluding hydrogens is 458 g/mol. The number of fused-ring (bicyclic) bond motifs is 2. The summed E-state index contributed by atoms with van der Waals surface area (Å²) in [4.78, 5) is 23.5. The maximum atomic E-state index is 14.2. The van der Waals surface area contributed by atoms with Crippen LogP contribution in [-0.4, -0.2) is 22.2 Å². The number of ketones is 1. The summed E-state index contributed by atoms with van der Waals surface area (Å²) >= 11 is 6.21. The first kappa shape index (κ1) is 23.6. The third kappa shape index (κ3) is 4.12. The van der Waals surface area contributed by atoms with E-state index in [4.69, 9.17) is 27.1 Å². The fourth-order valence-electron chi connectivity index (χ4n) is 5.73. The Balaban J connectivity index is 1.69. The SMILES string of the molecule is CCC1C(=O)C2(CC(C)(Cc3ccccc3)Oc3ccc(-c4cncc(Cl)c4)cc32)N=C(N)C1C. The van der Waals surface area contributed by atoms with Crippen LogP contribution in [0.2, 0.25) is 5.02 Å². The number of hydrogen-bond donors (Lipinski definition) is 1. The van der Waals surface area contributed by atoms with E-state index in [1.54, 1.807) is 12.4 Å². The van der Waals surface area contributed by atoms with Crippen LogP contribution in [0.1, 0.15) is 44.7 Å². The molecule has 3 heterocycles. The number of Topliss-reactive ketones (excluding diaryl/α,β-unsaturated/α-hetero) is 1. The van der Waals surface area contributed by atoms with Gasteiger partial charge in [-0.25, -0.2) is 0 Å². The number of amidine groups is 1. The van der Waals surface area contributed by atoms with Gasteiger partial charge >= 0.3 is 0 Å². The molecular formula is C29H30ClN3O2. The van der Waals surface area contributed by atoms with Gasteiger partial charge in [-0.15, -0.1) is 0 Å². The van der Waals surface area contributed by atoms with E-state index >= 15 is 0 Å². The van der Waals surface area contributed by atoms with Gasteiger partial charge in [0.15, 0.2) is 11.3 Å². The number of halogens is 1. The Bertz CT molecular complexity index is 1310. The predicted octanol–water partition coefficient (Wildman–Crippen LogP) is 5.98. The van der Waals surface area contributed by atoms with E-state index in [1.165, 1.54) is 0 Å². The van der Waals surface area contributed by atoms with Crippen molar-refractivity contribution in [2.45, 2.75) is 51.2 Å². The van der Waals surface area contributed by atoms with Crippen LogP contribution < -0.4 is 10.5 Å². The summed E-state index contributed by atoms with van der Waals surface area (Å²) in [6.07, 6.45) is 5.15. The second-order valence-electron chi connectivity index (χ2n) is 10.1. The molecule has 6 heteroatoms. The number of ether oxygens (including phenoxy) is 1. The number of aliphatic imine (C=N–C) groups is 1. The molecule has 0 aliphatic carbocycles. The zero-order chi connectivity index (χ0) is 24.8. The Morgan fingerprint density at radius 3 is 2.60 bits per heavy atom. The number of pyridine rings is 1. The van der Waals surface area contributed by atoms with Crippen LogP contribution in [0.3, 0.4) is 0 Å². The first-order chi connectivity index (χ1) is 16.7. The van der Waals surface area contributed by atoms with Crippen LogP contribution in [0, 0.1) is 11.8 Å². The van der Waals surface area contributed by atoms with Crippen molar-refractivity contribution in [1.82, 2.24) is 4.98 Å². The first-order valence-electron chi connectivity index (χ1n) is 12.1. The Labute approximate surface area is 211 Å². The van der Waals surface area contributed by atoms with E-state index in [9.17, 15) is 4.79 Å². The summed E-state index contributed by atoms with van der Waals surface area (Å²) in [6, 6.07) is 18.0. The molecule has 2 aliphatic heterocycles. The van der Waals surface area contributed by atoms with E-state index in [1.807, 2.05) is 56.3 Å². The summed E-state index contributed by atoms with van der Waals surface area (Å²) in [5.41, 5.74) is 8.46. The van der Waals surface area contributed by atoms with Crippen molar-refractivity contribution in [3.8, 4) is 16.9 Å². The van der Waals surface area contributed by atoms with E-state index in [0.717, 1.165) is 22.3 Å². The quantitative estimate of drug-likeness (QED) is 0.490. The molecule has 2 aliphatic rings. The van der Waals surface area contributed by atoms with Crippen molar-refractivity contribution in [2.75, 3.05) is 0 Å². The summed E-state index contributed by atoms with van der Waals surface area (Å²) in [6.45, 7) is 6.11. The third-order valence-corrected chi connectivity index (χ3v) is 7.65. The number of hydrogen-bond acceptors (Lipinski definition) is 5. The van der Waals surface area contributed by atoms with E-state index in [2.05, 4.69) is 24.0 Å². The molecule has 180 valence electrons. The van der Waals surface area contributed by atoms with Crippen molar-refractivity contribution in [2.24, 2.45) is 22.6 Å². The molecule has 0 saturated heterocycles. The highest BCUT2D eigenvalue weighted by Crippen LogP contribution is 2.52. The van der Waals surface area contributed by atoms with E-state index < -0.39 is 11.1 Å². The lowest BCUT2D eigenvalue weighted by Crippen LogP contribution is -2.56. The predicted molar refractivity (Wildman–Crippen MR) is 140 cm³/mol. The van der Waals surface area contributed by atoms with Gasteiger partial charge in [-0.1, -0.05) is 61.8 Å². The van der Waals surface area contributed by atoms with Crippen LogP contribution in [0.25, 0.3) is 11.1 Å². The normalized spacial score (nSPS) is 27.8. The molecule has 1 spiro atoms. The largest absolute Gasteiger partial charge is 0.487 e. The van der Waals surface area contributed by atoms with Crippen LogP contribution in [0.15, 0.2) is 72.0 Å². The Kier molecular flexibility index (Phi) is 5.92. The van der Waals surface area contributed by atoms with Crippen molar-refractivity contribution in [3.63, 3.8) is 0 Å². The fourth-order valence-corrected chi connectivity index (χ4v) is 5.91. The average Bonchev–Trinajstić information content (AvgIpc) is 2.83. The summed E-state index contributed by atoms with van der Waals surface area (Å²) in [7, 11) is 0. The zero-order valence-corrected chi connectivity index (χ0v) is 21.0. The maximum absolute atomic E-state index is 14.2. The molecule has 4 unspecified atom stereocenters. The van der Waals surface area contributed by atoms with Gasteiger partial charge in [0.05, 0.1) is 10.9 Å². The molecule has 5 nitrogen and oxygen atoms in total. The monoisotopic (exact) mass is 487 g/mol. The van der Waals surface area contributed by atoms with Crippen molar-refractivity contribution in [1.29, 1.82) is 0 Å². The molecule has 1 aromatic heterocycles. The maximum Gasteiger partial charge on any atom is 0.169 e. The topological polar surface area (TPSA) is 77.6 Å². The Hall–Kier alpha value is -3.18. The minimum absolute atomic E-state index is 0.0925. The molecule has 35 heavy (non-hydrogen) atoms. The number of nitrogens with two attached hydrogens (primary N) is 1. The molecule has 2 N–H and O–H groups in total. The van der Waals surface area contributed by atoms with Gasteiger partial charge in [0.25, 0.3) is 0 Å². The molecule has 3 aromatic rings. The van der Waals surface area contributed by atoms with Crippen LogP contribution in [-0.2, 0) is 16.8 Å². The highest BCUT2D eigenvalue weighted by molar-refractivity contribution is 6.30. The summed E-state index contributed by atoms with van der Waals surface area (Å²) < 4.78 is 6.64. The molecule has 0 radical (unpaired) electrons. The Morgan fingerprint density at radius 2 is 1.89 bits per heavy atom. The van der Waals surface area contributed by atoms with Crippen molar-refractivity contribution in [3.05, 3.63) is 83.1 Å². The number of carbonyl (C=O) groups excluding carboxylic acids is 1. The van der Waals surface area contributed by atoms with E-state index in [-0.39, 0.29) is 17.6 Å². The van der Waals surface area contributed by atoms with Crippen LogP contribution in [0.5, 0.6) is 5.75 Å². The van der Waals surface area contributed by atoms with Crippen molar-refractivity contribution < 1.29 is 9.53 Å². The third-order valence-electron chi connectivity index (χ3n) is 7.44. The summed E-state index contributed by atoms with van der Waals surface area (Å²) in [5, 5.41) is 0.553. The van der Waals surface area contributed by atoms with Gasteiger partial charge in [-0.3, -0.25) is 14.8 Å². The van der Waals surface area contributed by atoms with Crippen LogP contribution in [0.4, 0.5) is 0 Å². The standard InChI is InChI=1S/C29H30ClN3O2/c1-4-23-18(2)27(31)33-29(26(23)34)17-28(3,14-19-8-6-5-7-9-19)35-25-11-10-20(13-24(25)29)21-12-22(30)16-32-15-21/h5-13,15-16,18,23H,4,14,17H2,1-3H3,(H2,31,33). The molecule has 4 atom stereocenters. The molecule has 0 fully saturated rings.